The first-order valence-electron chi connectivity index (χ1n) is 17.0. The molecule has 0 unspecified atom stereocenters. The number of morpholine rings is 1. The van der Waals surface area contributed by atoms with Gasteiger partial charge < -0.3 is 50.5 Å². The molecule has 0 aliphatic carbocycles. The molecule has 7 N–H and O–H groups in total. The van der Waals surface area contributed by atoms with Crippen molar-refractivity contribution in [3.05, 3.63) is 58.9 Å². The topological polar surface area (TPSA) is 231 Å². The number of aromatic hydroxyl groups is 1. The van der Waals surface area contributed by atoms with Crippen molar-refractivity contribution in [2.45, 2.75) is 81.6 Å². The number of likely N-dealkylation sites (tertiary alicyclic amines) is 1. The average Bonchev–Trinajstić information content (AvgIpc) is 3.53. The number of pyridine rings is 1. The van der Waals surface area contributed by atoms with Crippen LogP contribution in [0.25, 0.3) is 0 Å². The number of nitrogens with zero attached hydrogens (tertiary/aromatic N) is 3. The lowest BCUT2D eigenvalue weighted by atomic mass is 9.81. The van der Waals surface area contributed by atoms with E-state index in [1.54, 1.807) is 43.1 Å². The Hall–Kier alpha value is -4.19. The maximum Gasteiger partial charge on any atom is 0.336 e. The minimum Gasteiger partial charge on any atom is -0.507 e. The number of carbonyl (C=O) groups is 4. The molecule has 0 bridgehead atoms. The molecule has 278 valence electrons. The molecule has 51 heavy (non-hydrogen) atoms. The number of carboxylic acid groups (broad SMARTS) is 1. The predicted octanol–water partition coefficient (Wildman–Crippen LogP) is -0.659. The summed E-state index contributed by atoms with van der Waals surface area (Å²) < 4.78 is 12.0. The first-order valence-corrected chi connectivity index (χ1v) is 17.0. The van der Waals surface area contributed by atoms with E-state index in [9.17, 15) is 44.7 Å². The van der Waals surface area contributed by atoms with Crippen molar-refractivity contribution >= 4 is 23.7 Å². The van der Waals surface area contributed by atoms with Gasteiger partial charge in [0.05, 0.1) is 37.0 Å². The third-order valence-corrected chi connectivity index (χ3v) is 10.2. The van der Waals surface area contributed by atoms with Gasteiger partial charge in [0.1, 0.15) is 23.7 Å². The number of aliphatic carboxylic acids is 1. The Morgan fingerprint density at radius 2 is 1.84 bits per heavy atom. The van der Waals surface area contributed by atoms with Crippen molar-refractivity contribution in [3.63, 3.8) is 0 Å². The lowest BCUT2D eigenvalue weighted by Crippen LogP contribution is -2.68. The number of aliphatic hydroxyl groups is 3. The van der Waals surface area contributed by atoms with Crippen LogP contribution < -0.4 is 10.6 Å². The highest BCUT2D eigenvalue weighted by Gasteiger charge is 2.55. The van der Waals surface area contributed by atoms with Gasteiger partial charge in [0.15, 0.2) is 5.60 Å². The van der Waals surface area contributed by atoms with Gasteiger partial charge in [-0.15, -0.1) is 0 Å². The highest BCUT2D eigenvalue weighted by molar-refractivity contribution is 5.95. The Morgan fingerprint density at radius 1 is 1.12 bits per heavy atom. The number of phenolic OH excluding ortho intramolecular Hbond substituents is 1. The molecule has 4 heterocycles. The normalized spacial score (nSPS) is 27.9. The summed E-state index contributed by atoms with van der Waals surface area (Å²) in [6.07, 6.45) is -5.07. The molecule has 3 fully saturated rings. The summed E-state index contributed by atoms with van der Waals surface area (Å²) in [6.45, 7) is 6.07. The molecule has 0 radical (unpaired) electrons. The minimum absolute atomic E-state index is 0.0469. The van der Waals surface area contributed by atoms with E-state index in [0.29, 0.717) is 56.1 Å². The molecule has 5 rings (SSSR count). The molecule has 0 saturated carbocycles. The van der Waals surface area contributed by atoms with Gasteiger partial charge in [-0.1, -0.05) is 6.07 Å². The number of amides is 3. The van der Waals surface area contributed by atoms with Gasteiger partial charge >= 0.3 is 5.97 Å². The van der Waals surface area contributed by atoms with Gasteiger partial charge in [0, 0.05) is 64.2 Å². The van der Waals surface area contributed by atoms with E-state index in [1.165, 1.54) is 19.1 Å². The Labute approximate surface area is 295 Å². The Bertz CT molecular complexity index is 1590. The van der Waals surface area contributed by atoms with E-state index in [2.05, 4.69) is 20.5 Å². The number of hydrogen-bond acceptors (Lipinski definition) is 12. The number of carbonyl (C=O) groups excluding carboxylic acids is 3. The fourth-order valence-corrected chi connectivity index (χ4v) is 7.38. The molecule has 1 spiro atoms. The summed E-state index contributed by atoms with van der Waals surface area (Å²) in [6, 6.07) is 6.76. The van der Waals surface area contributed by atoms with Crippen molar-refractivity contribution in [2.24, 2.45) is 0 Å². The number of rotatable bonds is 11. The van der Waals surface area contributed by atoms with Crippen molar-refractivity contribution in [1.82, 2.24) is 25.4 Å². The summed E-state index contributed by atoms with van der Waals surface area (Å²) >= 11 is 0. The molecule has 3 saturated heterocycles. The summed E-state index contributed by atoms with van der Waals surface area (Å²) in [5.74, 6) is -2.75. The molecule has 16 nitrogen and oxygen atoms in total. The van der Waals surface area contributed by atoms with E-state index in [0.717, 1.165) is 0 Å². The predicted molar refractivity (Wildman–Crippen MR) is 180 cm³/mol. The number of aliphatic hydroxyl groups excluding tert-OH is 3. The molecule has 3 aliphatic heterocycles. The average molecular weight is 714 g/mol. The van der Waals surface area contributed by atoms with Gasteiger partial charge in [-0.25, -0.2) is 4.79 Å². The smallest absolute Gasteiger partial charge is 0.336 e. The molecular formula is C35H47N5O11. The first kappa shape index (κ1) is 38.1. The van der Waals surface area contributed by atoms with Crippen LogP contribution in [-0.4, -0.2) is 152 Å². The summed E-state index contributed by atoms with van der Waals surface area (Å²) in [5.41, 5.74) is -1.17. The highest BCUT2D eigenvalue weighted by atomic mass is 16.6. The molecule has 3 aliphatic rings. The second-order valence-electron chi connectivity index (χ2n) is 13.8. The van der Waals surface area contributed by atoms with Crippen LogP contribution in [0.2, 0.25) is 0 Å². The maximum atomic E-state index is 13.2. The Morgan fingerprint density at radius 3 is 2.49 bits per heavy atom. The third-order valence-electron chi connectivity index (χ3n) is 10.2. The van der Waals surface area contributed by atoms with Crippen LogP contribution in [0.3, 0.4) is 0 Å². The van der Waals surface area contributed by atoms with E-state index in [-0.39, 0.29) is 30.2 Å². The van der Waals surface area contributed by atoms with Crippen molar-refractivity contribution in [1.29, 1.82) is 0 Å². The number of benzene rings is 1. The minimum atomic E-state index is -2.04. The van der Waals surface area contributed by atoms with Crippen LogP contribution in [0.1, 0.15) is 58.2 Å². The number of hydrogen-bond donors (Lipinski definition) is 7. The second kappa shape index (κ2) is 15.6. The first-order chi connectivity index (χ1) is 24.2. The Kier molecular flexibility index (Phi) is 11.6. The molecule has 1 aromatic heterocycles. The van der Waals surface area contributed by atoms with E-state index < -0.39 is 72.3 Å². The van der Waals surface area contributed by atoms with Crippen molar-refractivity contribution < 1.29 is 54.2 Å². The van der Waals surface area contributed by atoms with Crippen LogP contribution in [0.4, 0.5) is 0 Å². The number of phenols is 1. The monoisotopic (exact) mass is 713 g/mol. The number of nitrogens with one attached hydrogen (secondary N) is 2. The van der Waals surface area contributed by atoms with Crippen molar-refractivity contribution in [2.75, 3.05) is 45.9 Å². The maximum absolute atomic E-state index is 13.2. The molecule has 1 aromatic carbocycles. The lowest BCUT2D eigenvalue weighted by molar-refractivity contribution is -0.231. The second-order valence-corrected chi connectivity index (χ2v) is 13.8. The van der Waals surface area contributed by atoms with Gasteiger partial charge in [-0.05, 0) is 55.7 Å². The van der Waals surface area contributed by atoms with Crippen LogP contribution in [0, 0.1) is 13.8 Å². The largest absolute Gasteiger partial charge is 0.507 e. The van der Waals surface area contributed by atoms with Gasteiger partial charge in [0.25, 0.3) is 11.8 Å². The zero-order valence-electron chi connectivity index (χ0n) is 28.9. The zero-order valence-corrected chi connectivity index (χ0v) is 28.9. The van der Waals surface area contributed by atoms with Crippen molar-refractivity contribution in [3.8, 4) is 5.75 Å². The highest BCUT2D eigenvalue weighted by Crippen LogP contribution is 2.38. The zero-order chi connectivity index (χ0) is 37.1. The fourth-order valence-electron chi connectivity index (χ4n) is 7.38. The van der Waals surface area contributed by atoms with E-state index in [1.807, 2.05) is 0 Å². The molecule has 2 aromatic rings. The molecular weight excluding hydrogens is 666 g/mol. The van der Waals surface area contributed by atoms with E-state index >= 15 is 0 Å². The number of aromatic nitrogens is 1. The molecule has 3 amide bonds. The van der Waals surface area contributed by atoms with Crippen LogP contribution in [0.5, 0.6) is 5.75 Å². The summed E-state index contributed by atoms with van der Waals surface area (Å²) in [4.78, 5) is 59.1. The Balaban J connectivity index is 1.31. The number of carboxylic acids is 1. The van der Waals surface area contributed by atoms with Crippen LogP contribution >= 0.6 is 0 Å². The van der Waals surface area contributed by atoms with Gasteiger partial charge in [-0.3, -0.25) is 24.3 Å². The third kappa shape index (κ3) is 8.16. The summed E-state index contributed by atoms with van der Waals surface area (Å²) in [7, 11) is 0. The quantitative estimate of drug-likeness (QED) is 0.154. The lowest BCUT2D eigenvalue weighted by Gasteiger charge is -2.49. The van der Waals surface area contributed by atoms with Gasteiger partial charge in [-0.2, -0.15) is 0 Å². The van der Waals surface area contributed by atoms with Crippen LogP contribution in [0.15, 0.2) is 36.5 Å². The standard InChI is InChI=1S/C35H47N5O11/c1-20-14-23(15-21(2)28(20)44)31(46)37-17-26(43)29(45)30-27(38-22(3)41)25(42)16-35(51-30,33(48)49)8-11-40-12-13-50-19-34(40)7-10-39(18-34)32(47)24-6-4-5-9-36-24/h4-6,9,14-15,25-27,29-30,42-45H,7-8,10-13,16-19H2,1-3H3,(H,37,46)(H,38,41)(H,48,49)/t25-,26+,27+,29+,30+,34-,35+/m0/s1. The van der Waals surface area contributed by atoms with E-state index in [4.69, 9.17) is 9.47 Å². The number of aryl methyl sites for hydroxylation is 2. The van der Waals surface area contributed by atoms with Gasteiger partial charge in [0.2, 0.25) is 5.91 Å². The fraction of sp³-hybridized carbons (Fsp3) is 0.571. The summed E-state index contributed by atoms with van der Waals surface area (Å²) in [5, 5.41) is 59.2. The number of ether oxygens (including phenoxy) is 2. The SMILES string of the molecule is CC(=O)N[C@H]1[C@H]([C@H](O)[C@H](O)CNC(=O)c2cc(C)c(O)c(C)c2)O[C@@](CCN2CCOC[C@@]23CCN(C(=O)c2ccccn2)C3)(C(=O)O)C[C@@H]1O. The molecule has 16 heteroatoms. The van der Waals surface area contributed by atoms with Crippen LogP contribution in [-0.2, 0) is 19.1 Å². The molecule has 7 atom stereocenters.